The Labute approximate surface area is 131 Å². The summed E-state index contributed by atoms with van der Waals surface area (Å²) in [6.07, 6.45) is 2.68. The number of aliphatic hydroxyl groups is 1. The van der Waals surface area contributed by atoms with Gasteiger partial charge >= 0.3 is 0 Å². The smallest absolute Gasteiger partial charge is 0.270 e. The number of aliphatic hydroxyl groups excluding tert-OH is 1. The van der Waals surface area contributed by atoms with E-state index in [1.54, 1.807) is 24.3 Å². The molecule has 1 atom stereocenters. The average Bonchev–Trinajstić information content (AvgIpc) is 3.06. The van der Waals surface area contributed by atoms with Gasteiger partial charge in [-0.15, -0.1) is 0 Å². The Morgan fingerprint density at radius 1 is 1.32 bits per heavy atom. The number of halogens is 1. The molecule has 2 aromatic rings. The van der Waals surface area contributed by atoms with Gasteiger partial charge in [-0.2, -0.15) is 0 Å². The van der Waals surface area contributed by atoms with Gasteiger partial charge in [0.15, 0.2) is 0 Å². The fourth-order valence-electron chi connectivity index (χ4n) is 1.72. The molecule has 0 aliphatic carbocycles. The van der Waals surface area contributed by atoms with Crippen molar-refractivity contribution < 1.29 is 14.7 Å². The molecular formula is C14H15ClN4O3. The second-order valence-corrected chi connectivity index (χ2v) is 4.95. The molecule has 8 heteroatoms. The van der Waals surface area contributed by atoms with Crippen LogP contribution in [-0.4, -0.2) is 39.5 Å². The first-order chi connectivity index (χ1) is 10.6. The predicted molar refractivity (Wildman–Crippen MR) is 80.2 cm³/mol. The maximum atomic E-state index is 12.0. The molecule has 2 amide bonds. The first kappa shape index (κ1) is 16.0. The minimum absolute atomic E-state index is 0.212. The molecule has 1 aromatic heterocycles. The number of carbonyl (C=O) groups excluding carboxylic acids is 2. The first-order valence-corrected chi connectivity index (χ1v) is 6.90. The maximum absolute atomic E-state index is 12.0. The number of hydrogen-bond acceptors (Lipinski definition) is 4. The fraction of sp³-hybridized carbons (Fsp3) is 0.214. The van der Waals surface area contributed by atoms with Crippen LogP contribution in [0.2, 0.25) is 5.02 Å². The van der Waals surface area contributed by atoms with Gasteiger partial charge in [-0.3, -0.25) is 9.59 Å². The van der Waals surface area contributed by atoms with E-state index in [0.29, 0.717) is 5.02 Å². The Morgan fingerprint density at radius 3 is 2.64 bits per heavy atom. The van der Waals surface area contributed by atoms with Crippen LogP contribution < -0.4 is 10.6 Å². The van der Waals surface area contributed by atoms with E-state index in [-0.39, 0.29) is 12.2 Å². The van der Waals surface area contributed by atoms with Crippen LogP contribution in [0.25, 0.3) is 0 Å². The number of hydrogen-bond donors (Lipinski definition) is 4. The van der Waals surface area contributed by atoms with Crippen molar-refractivity contribution in [2.45, 2.75) is 12.6 Å². The van der Waals surface area contributed by atoms with Gasteiger partial charge in [0.25, 0.3) is 5.91 Å². The van der Waals surface area contributed by atoms with Gasteiger partial charge in [0.1, 0.15) is 11.7 Å². The van der Waals surface area contributed by atoms with Gasteiger partial charge in [-0.25, -0.2) is 4.98 Å². The van der Waals surface area contributed by atoms with E-state index in [1.807, 2.05) is 0 Å². The highest BCUT2D eigenvalue weighted by Gasteiger charge is 2.20. The van der Waals surface area contributed by atoms with Crippen molar-refractivity contribution in [3.63, 3.8) is 0 Å². The van der Waals surface area contributed by atoms with Gasteiger partial charge in [0.05, 0.1) is 19.1 Å². The molecule has 1 heterocycles. The van der Waals surface area contributed by atoms with Crippen LogP contribution in [0, 0.1) is 0 Å². The van der Waals surface area contributed by atoms with Crippen molar-refractivity contribution in [1.29, 1.82) is 0 Å². The number of rotatable bonds is 6. The zero-order valence-electron chi connectivity index (χ0n) is 11.5. The van der Waals surface area contributed by atoms with E-state index < -0.39 is 24.5 Å². The van der Waals surface area contributed by atoms with Crippen LogP contribution in [0.3, 0.4) is 0 Å². The van der Waals surface area contributed by atoms with E-state index in [9.17, 15) is 14.7 Å². The lowest BCUT2D eigenvalue weighted by molar-refractivity contribution is -0.124. The minimum Gasteiger partial charge on any atom is -0.394 e. The lowest BCUT2D eigenvalue weighted by Crippen LogP contribution is -2.48. The Bertz CT molecular complexity index is 628. The average molecular weight is 323 g/mol. The number of aromatic amines is 1. The molecule has 2 rings (SSSR count). The summed E-state index contributed by atoms with van der Waals surface area (Å²) in [5.74, 6) is -0.997. The molecule has 4 N–H and O–H groups in total. The molecule has 1 aromatic carbocycles. The predicted octanol–water partition coefficient (Wildman–Crippen LogP) is 0.470. The summed E-state index contributed by atoms with van der Waals surface area (Å²) in [6.45, 7) is -0.237. The summed E-state index contributed by atoms with van der Waals surface area (Å²) >= 11 is 5.78. The van der Waals surface area contributed by atoms with E-state index in [2.05, 4.69) is 20.6 Å². The number of amides is 2. The summed E-state index contributed by atoms with van der Waals surface area (Å²) in [4.78, 5) is 30.1. The highest BCUT2D eigenvalue weighted by molar-refractivity contribution is 6.30. The zero-order valence-corrected chi connectivity index (χ0v) is 12.3. The van der Waals surface area contributed by atoms with Gasteiger partial charge in [-0.1, -0.05) is 23.7 Å². The van der Waals surface area contributed by atoms with Gasteiger partial charge in [0, 0.05) is 11.6 Å². The fourth-order valence-corrected chi connectivity index (χ4v) is 1.85. The van der Waals surface area contributed by atoms with Crippen molar-refractivity contribution in [1.82, 2.24) is 20.6 Å². The van der Waals surface area contributed by atoms with Crippen molar-refractivity contribution in [3.8, 4) is 0 Å². The maximum Gasteiger partial charge on any atom is 0.270 e. The Kier molecular flexibility index (Phi) is 5.51. The van der Waals surface area contributed by atoms with E-state index in [1.165, 1.54) is 12.5 Å². The molecule has 116 valence electrons. The number of H-pyrrole nitrogens is 1. The Hall–Kier alpha value is -2.38. The number of nitrogens with zero attached hydrogens (tertiary/aromatic N) is 1. The molecule has 0 bridgehead atoms. The molecule has 7 nitrogen and oxygen atoms in total. The third-order valence-electron chi connectivity index (χ3n) is 2.93. The summed E-state index contributed by atoms with van der Waals surface area (Å²) in [5.41, 5.74) is 1.07. The van der Waals surface area contributed by atoms with Crippen molar-refractivity contribution in [3.05, 3.63) is 53.1 Å². The molecule has 0 spiro atoms. The molecule has 22 heavy (non-hydrogen) atoms. The topological polar surface area (TPSA) is 107 Å². The number of nitrogens with one attached hydrogen (secondary N) is 3. The Morgan fingerprint density at radius 2 is 2.05 bits per heavy atom. The first-order valence-electron chi connectivity index (χ1n) is 6.52. The highest BCUT2D eigenvalue weighted by atomic mass is 35.5. The molecular weight excluding hydrogens is 308 g/mol. The second-order valence-electron chi connectivity index (χ2n) is 4.52. The molecule has 0 aliphatic rings. The standard InChI is InChI=1S/C14H15ClN4O3/c15-10-3-1-9(2-4-10)5-17-13(21)12(7-20)19-14(22)11-6-16-8-18-11/h1-4,6,8,12,20H,5,7H2,(H,16,18)(H,17,21)(H,19,22). The van der Waals surface area contributed by atoms with Gasteiger partial charge in [-0.05, 0) is 17.7 Å². The van der Waals surface area contributed by atoms with Gasteiger partial charge in [0.2, 0.25) is 5.91 Å². The molecule has 0 fully saturated rings. The largest absolute Gasteiger partial charge is 0.394 e. The molecule has 0 saturated heterocycles. The SMILES string of the molecule is O=C(NC(CO)C(=O)NCc1ccc(Cl)cc1)c1cnc[nH]1. The van der Waals surface area contributed by atoms with Gasteiger partial charge < -0.3 is 20.7 Å². The van der Waals surface area contributed by atoms with Crippen molar-refractivity contribution in [2.24, 2.45) is 0 Å². The molecule has 0 saturated carbocycles. The lowest BCUT2D eigenvalue weighted by atomic mass is 10.2. The van der Waals surface area contributed by atoms with Crippen molar-refractivity contribution in [2.75, 3.05) is 6.61 Å². The lowest BCUT2D eigenvalue weighted by Gasteiger charge is -2.15. The number of carbonyl (C=O) groups is 2. The molecule has 0 radical (unpaired) electrons. The summed E-state index contributed by atoms with van der Waals surface area (Å²) < 4.78 is 0. The van der Waals surface area contributed by atoms with Crippen LogP contribution in [0.4, 0.5) is 0 Å². The van der Waals surface area contributed by atoms with Crippen molar-refractivity contribution >= 4 is 23.4 Å². The van der Waals surface area contributed by atoms with Crippen LogP contribution in [-0.2, 0) is 11.3 Å². The summed E-state index contributed by atoms with van der Waals surface area (Å²) in [5, 5.41) is 14.9. The third-order valence-corrected chi connectivity index (χ3v) is 3.18. The van der Waals surface area contributed by atoms with Crippen LogP contribution >= 0.6 is 11.6 Å². The monoisotopic (exact) mass is 322 g/mol. The number of aromatic nitrogens is 2. The van der Waals surface area contributed by atoms with E-state index in [4.69, 9.17) is 11.6 Å². The number of benzene rings is 1. The normalized spacial score (nSPS) is 11.7. The summed E-state index contributed by atoms with van der Waals surface area (Å²) in [7, 11) is 0. The molecule has 1 unspecified atom stereocenters. The van der Waals surface area contributed by atoms with Crippen LogP contribution in [0.15, 0.2) is 36.8 Å². The third kappa shape index (κ3) is 4.31. The second kappa shape index (κ2) is 7.58. The van der Waals surface area contributed by atoms with E-state index in [0.717, 1.165) is 5.56 Å². The zero-order chi connectivity index (χ0) is 15.9. The quantitative estimate of drug-likeness (QED) is 0.620. The Balaban J connectivity index is 1.88. The number of imidazole rings is 1. The van der Waals surface area contributed by atoms with E-state index >= 15 is 0 Å². The van der Waals surface area contributed by atoms with Crippen LogP contribution in [0.1, 0.15) is 16.1 Å². The molecule has 0 aliphatic heterocycles. The highest BCUT2D eigenvalue weighted by Crippen LogP contribution is 2.09. The minimum atomic E-state index is -1.04. The summed E-state index contributed by atoms with van der Waals surface area (Å²) in [6, 6.07) is 5.95. The van der Waals surface area contributed by atoms with Crippen LogP contribution in [0.5, 0.6) is 0 Å².